The van der Waals surface area contributed by atoms with Crippen molar-refractivity contribution in [2.45, 2.75) is 59.4 Å². The Kier molecular flexibility index (Phi) is 7.28. The molecule has 28 heavy (non-hydrogen) atoms. The van der Waals surface area contributed by atoms with Gasteiger partial charge in [-0.3, -0.25) is 9.69 Å². The van der Waals surface area contributed by atoms with Gasteiger partial charge in [0, 0.05) is 32.2 Å². The Morgan fingerprint density at radius 2 is 1.50 bits per heavy atom. The molecule has 0 saturated carbocycles. The fourth-order valence-corrected chi connectivity index (χ4v) is 5.49. The van der Waals surface area contributed by atoms with Crippen molar-refractivity contribution in [2.75, 3.05) is 32.7 Å². The summed E-state index contributed by atoms with van der Waals surface area (Å²) in [6.07, 6.45) is 0. The van der Waals surface area contributed by atoms with Crippen molar-refractivity contribution in [1.29, 1.82) is 0 Å². The summed E-state index contributed by atoms with van der Waals surface area (Å²) in [5.41, 5.74) is 3.65. The summed E-state index contributed by atoms with van der Waals surface area (Å²) in [7, 11) is -3.54. The largest absolute Gasteiger partial charge is 0.352 e. The third-order valence-corrected chi connectivity index (χ3v) is 8.16. The van der Waals surface area contributed by atoms with Crippen molar-refractivity contribution in [3.63, 3.8) is 0 Å². The van der Waals surface area contributed by atoms with E-state index in [2.05, 4.69) is 19.2 Å². The van der Waals surface area contributed by atoms with Crippen LogP contribution in [-0.4, -0.2) is 62.3 Å². The minimum atomic E-state index is -3.54. The van der Waals surface area contributed by atoms with Crippen LogP contribution in [0.25, 0.3) is 0 Å². The molecule has 0 bridgehead atoms. The molecule has 1 aromatic rings. The lowest BCUT2D eigenvalue weighted by Gasteiger charge is -2.34. The first kappa shape index (κ1) is 22.8. The van der Waals surface area contributed by atoms with Gasteiger partial charge in [-0.1, -0.05) is 19.9 Å². The van der Waals surface area contributed by atoms with Crippen LogP contribution in [0, 0.1) is 33.6 Å². The average Bonchev–Trinajstić information content (AvgIpc) is 2.60. The first-order chi connectivity index (χ1) is 12.9. The Morgan fingerprint density at radius 1 is 1.00 bits per heavy atom. The second-order valence-electron chi connectivity index (χ2n) is 8.37. The molecular weight excluding hydrogens is 374 g/mol. The molecule has 7 heteroatoms. The quantitative estimate of drug-likeness (QED) is 0.783. The van der Waals surface area contributed by atoms with Gasteiger partial charge in [-0.2, -0.15) is 4.31 Å². The number of carbonyl (C=O) groups is 1. The molecule has 0 radical (unpaired) electrons. The highest BCUT2D eigenvalue weighted by Gasteiger charge is 2.32. The molecule has 1 atom stereocenters. The zero-order chi connectivity index (χ0) is 21.2. The summed E-state index contributed by atoms with van der Waals surface area (Å²) in [6, 6.07) is 2.17. The molecule has 0 aliphatic carbocycles. The number of aryl methyl sites for hydroxylation is 2. The fraction of sp³-hybridized carbons (Fsp3) is 0.667. The van der Waals surface area contributed by atoms with Gasteiger partial charge in [-0.15, -0.1) is 0 Å². The van der Waals surface area contributed by atoms with Crippen LogP contribution < -0.4 is 5.32 Å². The summed E-state index contributed by atoms with van der Waals surface area (Å²) in [5.74, 6) is 0.383. The maximum Gasteiger partial charge on any atom is 0.243 e. The van der Waals surface area contributed by atoms with E-state index in [4.69, 9.17) is 0 Å². The molecule has 2 rings (SSSR count). The zero-order valence-corrected chi connectivity index (χ0v) is 19.1. The molecule has 158 valence electrons. The molecule has 1 unspecified atom stereocenters. The summed E-state index contributed by atoms with van der Waals surface area (Å²) in [5, 5.41) is 3.01. The van der Waals surface area contributed by atoms with Crippen LogP contribution >= 0.6 is 0 Å². The van der Waals surface area contributed by atoms with E-state index in [-0.39, 0.29) is 11.9 Å². The van der Waals surface area contributed by atoms with Crippen LogP contribution in [-0.2, 0) is 14.8 Å². The molecule has 1 N–H and O–H groups in total. The first-order valence-corrected chi connectivity index (χ1v) is 11.5. The SMILES string of the molecule is Cc1cc(C)c(C)c(S(=O)(=O)N2CCN(CC(=O)NC(C)C(C)C)CC2)c1C. The molecular formula is C21H35N3O3S. The maximum atomic E-state index is 13.3. The number of benzene rings is 1. The van der Waals surface area contributed by atoms with E-state index >= 15 is 0 Å². The van der Waals surface area contributed by atoms with E-state index in [1.807, 2.05) is 45.6 Å². The molecule has 1 fully saturated rings. The predicted octanol–water partition coefficient (Wildman–Crippen LogP) is 2.39. The topological polar surface area (TPSA) is 69.7 Å². The molecule has 6 nitrogen and oxygen atoms in total. The molecule has 1 aliphatic heterocycles. The van der Waals surface area contributed by atoms with Crippen molar-refractivity contribution in [2.24, 2.45) is 5.92 Å². The van der Waals surface area contributed by atoms with E-state index < -0.39 is 10.0 Å². The van der Waals surface area contributed by atoms with Gasteiger partial charge in [0.1, 0.15) is 0 Å². The summed E-state index contributed by atoms with van der Waals surface area (Å²) in [6.45, 7) is 16.1. The smallest absolute Gasteiger partial charge is 0.243 e. The van der Waals surface area contributed by atoms with Gasteiger partial charge < -0.3 is 5.32 Å². The Hall–Kier alpha value is -1.44. The highest BCUT2D eigenvalue weighted by molar-refractivity contribution is 7.89. The first-order valence-electron chi connectivity index (χ1n) is 10.0. The van der Waals surface area contributed by atoms with Gasteiger partial charge in [0.15, 0.2) is 0 Å². The fourth-order valence-electron chi connectivity index (χ4n) is 3.49. The lowest BCUT2D eigenvalue weighted by molar-refractivity contribution is -0.123. The van der Waals surface area contributed by atoms with E-state index in [9.17, 15) is 13.2 Å². The van der Waals surface area contributed by atoms with Gasteiger partial charge in [-0.05, 0) is 62.8 Å². The number of nitrogens with zero attached hydrogens (tertiary/aromatic N) is 2. The van der Waals surface area contributed by atoms with Crippen molar-refractivity contribution in [3.05, 3.63) is 28.3 Å². The number of nitrogens with one attached hydrogen (secondary N) is 1. The Morgan fingerprint density at radius 3 is 1.96 bits per heavy atom. The monoisotopic (exact) mass is 409 g/mol. The van der Waals surface area contributed by atoms with Gasteiger partial charge in [0.2, 0.25) is 15.9 Å². The molecule has 1 heterocycles. The third kappa shape index (κ3) is 4.93. The van der Waals surface area contributed by atoms with E-state index in [1.54, 1.807) is 4.31 Å². The molecule has 0 spiro atoms. The number of piperazine rings is 1. The second kappa shape index (κ2) is 8.93. The minimum Gasteiger partial charge on any atom is -0.352 e. The molecule has 0 aromatic heterocycles. The Balaban J connectivity index is 2.06. The number of hydrogen-bond donors (Lipinski definition) is 1. The number of rotatable bonds is 6. The van der Waals surface area contributed by atoms with Crippen molar-refractivity contribution in [1.82, 2.24) is 14.5 Å². The van der Waals surface area contributed by atoms with Crippen LogP contribution in [0.15, 0.2) is 11.0 Å². The van der Waals surface area contributed by atoms with Crippen LogP contribution in [0.5, 0.6) is 0 Å². The molecule has 1 aliphatic rings. The van der Waals surface area contributed by atoms with E-state index in [0.717, 1.165) is 22.3 Å². The highest BCUT2D eigenvalue weighted by atomic mass is 32.2. The molecule has 1 aromatic carbocycles. The third-order valence-electron chi connectivity index (χ3n) is 5.98. The van der Waals surface area contributed by atoms with Crippen molar-refractivity contribution < 1.29 is 13.2 Å². The number of carbonyl (C=O) groups excluding carboxylic acids is 1. The highest BCUT2D eigenvalue weighted by Crippen LogP contribution is 2.29. The summed E-state index contributed by atoms with van der Waals surface area (Å²) >= 11 is 0. The molecule has 1 saturated heterocycles. The second-order valence-corrected chi connectivity index (χ2v) is 10.2. The number of sulfonamides is 1. The lowest BCUT2D eigenvalue weighted by Crippen LogP contribution is -2.52. The average molecular weight is 410 g/mol. The number of amides is 1. The molecule has 1 amide bonds. The minimum absolute atomic E-state index is 0.00138. The van der Waals surface area contributed by atoms with E-state index in [1.165, 1.54) is 0 Å². The van der Waals surface area contributed by atoms with Gasteiger partial charge in [0.05, 0.1) is 11.4 Å². The summed E-state index contributed by atoms with van der Waals surface area (Å²) in [4.78, 5) is 14.7. The maximum absolute atomic E-state index is 13.3. The van der Waals surface area contributed by atoms with Gasteiger partial charge in [-0.25, -0.2) is 8.42 Å². The van der Waals surface area contributed by atoms with Crippen molar-refractivity contribution in [3.8, 4) is 0 Å². The van der Waals surface area contributed by atoms with Gasteiger partial charge in [0.25, 0.3) is 0 Å². The van der Waals surface area contributed by atoms with Crippen LogP contribution in [0.2, 0.25) is 0 Å². The van der Waals surface area contributed by atoms with Crippen molar-refractivity contribution >= 4 is 15.9 Å². The van der Waals surface area contributed by atoms with Crippen LogP contribution in [0.3, 0.4) is 0 Å². The summed E-state index contributed by atoms with van der Waals surface area (Å²) < 4.78 is 28.2. The lowest BCUT2D eigenvalue weighted by atomic mass is 10.0. The van der Waals surface area contributed by atoms with Gasteiger partial charge >= 0.3 is 0 Å². The van der Waals surface area contributed by atoms with Crippen LogP contribution in [0.4, 0.5) is 0 Å². The van der Waals surface area contributed by atoms with Crippen LogP contribution in [0.1, 0.15) is 43.0 Å². The van der Waals surface area contributed by atoms with E-state index in [0.29, 0.717) is 43.5 Å². The Bertz CT molecular complexity index is 800. The normalized spacial score (nSPS) is 17.7. The zero-order valence-electron chi connectivity index (χ0n) is 18.3. The standard InChI is InChI=1S/C21H35N3O3S/c1-14(2)19(7)22-20(25)13-23-8-10-24(11-9-23)28(26,27)21-17(5)15(3)12-16(4)18(21)6/h12,14,19H,8-11,13H2,1-7H3,(H,22,25). The Labute approximate surface area is 170 Å². The predicted molar refractivity (Wildman–Crippen MR) is 113 cm³/mol. The number of hydrogen-bond acceptors (Lipinski definition) is 4.